The number of benzene rings is 1. The fraction of sp³-hybridized carbons (Fsp3) is 0.611. The van der Waals surface area contributed by atoms with Gasteiger partial charge in [-0.2, -0.15) is 0 Å². The van der Waals surface area contributed by atoms with Gasteiger partial charge in [0, 0.05) is 44.3 Å². The summed E-state index contributed by atoms with van der Waals surface area (Å²) in [6.07, 6.45) is 3.14. The van der Waals surface area contributed by atoms with Crippen molar-refractivity contribution in [1.82, 2.24) is 9.80 Å². The van der Waals surface area contributed by atoms with Crippen molar-refractivity contribution < 1.29 is 13.2 Å². The third-order valence-electron chi connectivity index (χ3n) is 5.18. The summed E-state index contributed by atoms with van der Waals surface area (Å²) >= 11 is 0. The van der Waals surface area contributed by atoms with Gasteiger partial charge in [-0.15, -0.1) is 24.8 Å². The van der Waals surface area contributed by atoms with Gasteiger partial charge in [-0.25, -0.2) is 8.42 Å². The van der Waals surface area contributed by atoms with Gasteiger partial charge in [0.25, 0.3) is 5.91 Å². The maximum absolute atomic E-state index is 12.9. The predicted octanol–water partition coefficient (Wildman–Crippen LogP) is 1.71. The third kappa shape index (κ3) is 6.32. The van der Waals surface area contributed by atoms with Crippen LogP contribution in [0.25, 0.3) is 0 Å². The average molecular weight is 438 g/mol. The van der Waals surface area contributed by atoms with Gasteiger partial charge in [0.1, 0.15) is 0 Å². The van der Waals surface area contributed by atoms with Gasteiger partial charge in [-0.1, -0.05) is 12.1 Å². The van der Waals surface area contributed by atoms with Crippen LogP contribution in [-0.4, -0.2) is 67.9 Å². The highest BCUT2D eigenvalue weighted by Crippen LogP contribution is 2.20. The smallest absolute Gasteiger partial charge is 0.254 e. The topological polar surface area (TPSA) is 83.7 Å². The molecule has 0 bridgehead atoms. The zero-order valence-corrected chi connectivity index (χ0v) is 17.8. The number of amides is 1. The number of halogens is 2. The molecule has 2 aliphatic heterocycles. The van der Waals surface area contributed by atoms with Crippen LogP contribution in [0.15, 0.2) is 24.3 Å². The lowest BCUT2D eigenvalue weighted by Gasteiger charge is -2.35. The number of nitrogens with zero attached hydrogens (tertiary/aromatic N) is 2. The molecule has 2 aliphatic rings. The van der Waals surface area contributed by atoms with Gasteiger partial charge in [-0.05, 0) is 37.0 Å². The van der Waals surface area contributed by atoms with Gasteiger partial charge in [-0.3, -0.25) is 9.69 Å². The Morgan fingerprint density at radius 2 is 1.81 bits per heavy atom. The van der Waals surface area contributed by atoms with E-state index >= 15 is 0 Å². The van der Waals surface area contributed by atoms with Crippen molar-refractivity contribution in [2.24, 2.45) is 5.73 Å². The molecule has 0 aromatic heterocycles. The highest BCUT2D eigenvalue weighted by Gasteiger charge is 2.27. The first-order valence-corrected chi connectivity index (χ1v) is 10.8. The maximum atomic E-state index is 12.9. The van der Waals surface area contributed by atoms with Gasteiger partial charge >= 0.3 is 0 Å². The Labute approximate surface area is 174 Å². The van der Waals surface area contributed by atoms with Crippen molar-refractivity contribution in [3.05, 3.63) is 35.4 Å². The van der Waals surface area contributed by atoms with E-state index in [9.17, 15) is 13.2 Å². The highest BCUT2D eigenvalue weighted by molar-refractivity contribution is 7.91. The molecule has 1 unspecified atom stereocenters. The number of carbonyl (C=O) groups excluding carboxylic acids is 1. The van der Waals surface area contributed by atoms with Gasteiger partial charge < -0.3 is 10.6 Å². The minimum absolute atomic E-state index is 0. The molecule has 27 heavy (non-hydrogen) atoms. The first-order chi connectivity index (χ1) is 12.0. The Bertz CT molecular complexity index is 716. The second-order valence-corrected chi connectivity index (χ2v) is 9.32. The van der Waals surface area contributed by atoms with E-state index in [2.05, 4.69) is 4.90 Å². The molecule has 9 heteroatoms. The van der Waals surface area contributed by atoms with Gasteiger partial charge in [0.15, 0.2) is 9.84 Å². The van der Waals surface area contributed by atoms with E-state index < -0.39 is 9.84 Å². The van der Waals surface area contributed by atoms with Crippen LogP contribution in [0, 0.1) is 0 Å². The molecule has 3 rings (SSSR count). The summed E-state index contributed by atoms with van der Waals surface area (Å²) in [6, 6.07) is 7.83. The summed E-state index contributed by atoms with van der Waals surface area (Å²) in [5, 5.41) is 0. The molecule has 0 spiro atoms. The number of hydrogen-bond donors (Lipinski definition) is 1. The summed E-state index contributed by atoms with van der Waals surface area (Å²) < 4.78 is 23.1. The average Bonchev–Trinajstić information content (AvgIpc) is 2.63. The molecule has 0 aliphatic carbocycles. The zero-order valence-electron chi connectivity index (χ0n) is 15.4. The molecule has 2 fully saturated rings. The Hall–Kier alpha value is -0.860. The molecule has 1 aromatic carbocycles. The number of hydrogen-bond acceptors (Lipinski definition) is 5. The molecular formula is C18H29Cl2N3O3S. The van der Waals surface area contributed by atoms with Crippen LogP contribution in [0.2, 0.25) is 0 Å². The van der Waals surface area contributed by atoms with Crippen LogP contribution in [0.1, 0.15) is 35.2 Å². The standard InChI is InChI=1S/C18H27N3O3S.2ClH/c19-13-17-6-1-2-7-21(17)18(22)16-5-3-4-15(12-16)14-20-8-10-25(23,24)11-9-20;;/h3-5,12,17H,1-2,6-11,13-14,19H2;2*1H. The summed E-state index contributed by atoms with van der Waals surface area (Å²) in [7, 11) is -2.87. The minimum Gasteiger partial charge on any atom is -0.334 e. The van der Waals surface area contributed by atoms with E-state index in [-0.39, 0.29) is 48.3 Å². The normalized spacial score (nSPS) is 22.4. The number of sulfone groups is 1. The van der Waals surface area contributed by atoms with Crippen LogP contribution in [0.3, 0.4) is 0 Å². The fourth-order valence-electron chi connectivity index (χ4n) is 3.65. The second kappa shape index (κ2) is 10.6. The van der Waals surface area contributed by atoms with E-state index in [1.807, 2.05) is 29.2 Å². The molecule has 0 radical (unpaired) electrons. The lowest BCUT2D eigenvalue weighted by atomic mass is 10.0. The number of rotatable bonds is 4. The molecule has 154 valence electrons. The van der Waals surface area contributed by atoms with Crippen LogP contribution < -0.4 is 5.73 Å². The van der Waals surface area contributed by atoms with Crippen molar-refractivity contribution in [2.75, 3.05) is 37.7 Å². The van der Waals surface area contributed by atoms with E-state index in [4.69, 9.17) is 5.73 Å². The monoisotopic (exact) mass is 437 g/mol. The van der Waals surface area contributed by atoms with Crippen LogP contribution >= 0.6 is 24.8 Å². The molecule has 0 saturated carbocycles. The van der Waals surface area contributed by atoms with Crippen LogP contribution in [-0.2, 0) is 16.4 Å². The minimum atomic E-state index is -2.87. The molecule has 1 amide bonds. The summed E-state index contributed by atoms with van der Waals surface area (Å²) in [5.41, 5.74) is 7.58. The van der Waals surface area contributed by atoms with Gasteiger partial charge in [0.05, 0.1) is 11.5 Å². The number of piperidine rings is 1. The molecule has 1 atom stereocenters. The Morgan fingerprint density at radius 1 is 1.11 bits per heavy atom. The summed E-state index contributed by atoms with van der Waals surface area (Å²) in [4.78, 5) is 16.9. The third-order valence-corrected chi connectivity index (χ3v) is 6.79. The molecule has 2 saturated heterocycles. The van der Waals surface area contributed by atoms with Gasteiger partial charge in [0.2, 0.25) is 0 Å². The van der Waals surface area contributed by atoms with E-state index in [0.717, 1.165) is 31.4 Å². The Morgan fingerprint density at radius 3 is 2.48 bits per heavy atom. The molecule has 1 aromatic rings. The highest BCUT2D eigenvalue weighted by atomic mass is 35.5. The summed E-state index contributed by atoms with van der Waals surface area (Å²) in [6.45, 7) is 3.07. The molecular weight excluding hydrogens is 409 g/mol. The number of carbonyl (C=O) groups is 1. The zero-order chi connectivity index (χ0) is 17.9. The first-order valence-electron chi connectivity index (χ1n) is 9.01. The van der Waals surface area contributed by atoms with E-state index in [0.29, 0.717) is 31.7 Å². The number of nitrogens with two attached hydrogens (primary N) is 1. The van der Waals surface area contributed by atoms with Crippen molar-refractivity contribution in [3.63, 3.8) is 0 Å². The molecule has 2 heterocycles. The molecule has 6 nitrogen and oxygen atoms in total. The Kier molecular flexibility index (Phi) is 9.51. The summed E-state index contributed by atoms with van der Waals surface area (Å²) in [5.74, 6) is 0.494. The van der Waals surface area contributed by atoms with Crippen molar-refractivity contribution in [2.45, 2.75) is 31.8 Å². The first kappa shape index (κ1) is 24.2. The fourth-order valence-corrected chi connectivity index (χ4v) is 4.92. The van der Waals surface area contributed by atoms with Crippen LogP contribution in [0.4, 0.5) is 0 Å². The molecule has 2 N–H and O–H groups in total. The van der Waals surface area contributed by atoms with Crippen LogP contribution in [0.5, 0.6) is 0 Å². The maximum Gasteiger partial charge on any atom is 0.254 e. The lowest BCUT2D eigenvalue weighted by molar-refractivity contribution is 0.0623. The quantitative estimate of drug-likeness (QED) is 0.774. The van der Waals surface area contributed by atoms with Crippen molar-refractivity contribution >= 4 is 40.6 Å². The largest absolute Gasteiger partial charge is 0.334 e. The SMILES string of the molecule is Cl.Cl.NCC1CCCCN1C(=O)c1cccc(CN2CCS(=O)(=O)CC2)c1. The van der Waals surface area contributed by atoms with E-state index in [1.165, 1.54) is 0 Å². The van der Waals surface area contributed by atoms with Crippen molar-refractivity contribution in [1.29, 1.82) is 0 Å². The number of likely N-dealkylation sites (tertiary alicyclic amines) is 1. The van der Waals surface area contributed by atoms with Crippen molar-refractivity contribution in [3.8, 4) is 0 Å². The second-order valence-electron chi connectivity index (χ2n) is 7.01. The Balaban J connectivity index is 0.00000182. The predicted molar refractivity (Wildman–Crippen MR) is 113 cm³/mol. The van der Waals surface area contributed by atoms with E-state index in [1.54, 1.807) is 0 Å². The lowest BCUT2D eigenvalue weighted by Crippen LogP contribution is -2.47.